The molecule has 45 heavy (non-hydrogen) atoms. The van der Waals surface area contributed by atoms with Gasteiger partial charge in [-0.15, -0.1) is 0 Å². The van der Waals surface area contributed by atoms with Crippen molar-refractivity contribution >= 4 is 40.4 Å². The van der Waals surface area contributed by atoms with Crippen LogP contribution in [0.1, 0.15) is 36.6 Å². The fraction of sp³-hybridized carbons (Fsp3) is 0.500. The van der Waals surface area contributed by atoms with Crippen molar-refractivity contribution in [2.75, 3.05) is 70.3 Å². The minimum atomic E-state index is -0.662. The Morgan fingerprint density at radius 1 is 1.09 bits per heavy atom. The molecule has 2 saturated heterocycles. The van der Waals surface area contributed by atoms with Crippen molar-refractivity contribution in [1.82, 2.24) is 24.7 Å². The maximum absolute atomic E-state index is 13.5. The third kappa shape index (κ3) is 6.45. The molecule has 11 nitrogen and oxygen atoms in total. The Balaban J connectivity index is 1.39. The Morgan fingerprint density at radius 3 is 2.62 bits per heavy atom. The van der Waals surface area contributed by atoms with Gasteiger partial charge in [0.05, 0.1) is 25.1 Å². The molecule has 11 heteroatoms. The van der Waals surface area contributed by atoms with E-state index in [2.05, 4.69) is 65.2 Å². The van der Waals surface area contributed by atoms with Gasteiger partial charge in [-0.25, -0.2) is 4.99 Å². The van der Waals surface area contributed by atoms with Gasteiger partial charge in [0.1, 0.15) is 18.5 Å². The number of anilines is 2. The number of benzene rings is 2. The summed E-state index contributed by atoms with van der Waals surface area (Å²) in [4.78, 5) is 50.3. The highest BCUT2D eigenvalue weighted by Crippen LogP contribution is 2.36. The number of ether oxygens (including phenoxy) is 1. The normalized spacial score (nSPS) is 20.6. The zero-order valence-corrected chi connectivity index (χ0v) is 27.1. The number of carbonyl (C=O) groups excluding carboxylic acids is 2. The van der Waals surface area contributed by atoms with Crippen molar-refractivity contribution in [2.45, 2.75) is 51.7 Å². The average molecular weight is 613 g/mol. The van der Waals surface area contributed by atoms with Crippen LogP contribution in [0.15, 0.2) is 41.4 Å². The first-order valence-corrected chi connectivity index (χ1v) is 15.9. The van der Waals surface area contributed by atoms with Gasteiger partial charge in [0.15, 0.2) is 0 Å². The lowest BCUT2D eigenvalue weighted by molar-refractivity contribution is -0.130. The molecule has 0 saturated carbocycles. The van der Waals surface area contributed by atoms with Crippen molar-refractivity contribution in [2.24, 2.45) is 4.99 Å². The third-order valence-corrected chi connectivity index (χ3v) is 9.33. The molecule has 0 aliphatic carbocycles. The van der Waals surface area contributed by atoms with Crippen LogP contribution in [0.2, 0.25) is 0 Å². The summed E-state index contributed by atoms with van der Waals surface area (Å²) in [6.07, 6.45) is 4.46. The number of hydrogen-bond donors (Lipinski definition) is 0. The molecular formula is C34H44N8O3. The van der Waals surface area contributed by atoms with Gasteiger partial charge in [-0.2, -0.15) is 9.97 Å². The molecule has 4 heterocycles. The largest absolute Gasteiger partial charge is 0.462 e. The molecule has 6 rings (SSSR count). The van der Waals surface area contributed by atoms with Crippen molar-refractivity contribution in [3.63, 3.8) is 0 Å². The van der Waals surface area contributed by atoms with Crippen molar-refractivity contribution in [1.29, 1.82) is 0 Å². The molecule has 0 spiro atoms. The second-order valence-corrected chi connectivity index (χ2v) is 12.7. The van der Waals surface area contributed by atoms with E-state index in [1.807, 2.05) is 19.0 Å². The van der Waals surface area contributed by atoms with Crippen LogP contribution in [0.4, 0.5) is 11.5 Å². The van der Waals surface area contributed by atoms with Crippen LogP contribution in [0, 0.1) is 6.92 Å². The number of nitrogens with zero attached hydrogens (tertiary/aromatic N) is 8. The van der Waals surface area contributed by atoms with Crippen LogP contribution in [0.25, 0.3) is 10.8 Å². The Bertz CT molecular complexity index is 1600. The summed E-state index contributed by atoms with van der Waals surface area (Å²) in [7, 11) is 5.78. The highest BCUT2D eigenvalue weighted by Gasteiger charge is 2.37. The molecule has 3 aliphatic heterocycles. The number of aryl methyl sites for hydroxylation is 1. The average Bonchev–Trinajstić information content (AvgIpc) is 3.45. The van der Waals surface area contributed by atoms with Gasteiger partial charge in [-0.05, 0) is 56.8 Å². The molecule has 2 fully saturated rings. The molecule has 3 aliphatic rings. The number of piperazine rings is 1. The van der Waals surface area contributed by atoms with Gasteiger partial charge in [0, 0.05) is 63.3 Å². The first kappa shape index (κ1) is 30.8. The molecule has 3 aromatic rings. The van der Waals surface area contributed by atoms with E-state index in [1.54, 1.807) is 16.7 Å². The fourth-order valence-electron chi connectivity index (χ4n) is 6.82. The zero-order valence-electron chi connectivity index (χ0n) is 27.1. The molecule has 0 N–H and O–H groups in total. The molecule has 2 amide bonds. The lowest BCUT2D eigenvalue weighted by Crippen LogP contribution is -2.58. The topological polar surface area (TPSA) is 97.7 Å². The van der Waals surface area contributed by atoms with Crippen molar-refractivity contribution < 1.29 is 14.3 Å². The number of hydrogen-bond acceptors (Lipinski definition) is 8. The Labute approximate surface area is 265 Å². The Hall–Kier alpha value is -4.25. The second kappa shape index (κ2) is 13.0. The van der Waals surface area contributed by atoms with Crippen molar-refractivity contribution in [3.05, 3.63) is 53.2 Å². The summed E-state index contributed by atoms with van der Waals surface area (Å²) in [5, 5.41) is 2.47. The van der Waals surface area contributed by atoms with E-state index >= 15 is 0 Å². The number of rotatable bonds is 7. The van der Waals surface area contributed by atoms with Gasteiger partial charge < -0.3 is 29.2 Å². The van der Waals surface area contributed by atoms with Crippen LogP contribution in [-0.4, -0.2) is 115 Å². The summed E-state index contributed by atoms with van der Waals surface area (Å²) in [6.45, 7) is 7.87. The van der Waals surface area contributed by atoms with Gasteiger partial charge >= 0.3 is 6.01 Å². The molecule has 0 radical (unpaired) electrons. The van der Waals surface area contributed by atoms with Gasteiger partial charge in [-0.3, -0.25) is 9.59 Å². The van der Waals surface area contributed by atoms with Gasteiger partial charge in [0.25, 0.3) is 5.91 Å². The zero-order chi connectivity index (χ0) is 31.7. The fourth-order valence-corrected chi connectivity index (χ4v) is 6.82. The molecular weight excluding hydrogens is 568 g/mol. The SMILES string of the molecule is CC(=O)N1CCN(c2nc(OC[C@@H]3CCCN3C)nc3c2CCN(c2cccc4cccc(C)c24)C3)C(C(=O)N=CN(C)C)C1. The summed E-state index contributed by atoms with van der Waals surface area (Å²) in [6, 6.07) is 12.9. The number of carbonyl (C=O) groups is 2. The minimum Gasteiger partial charge on any atom is -0.462 e. The number of aromatic nitrogens is 2. The standard InChI is InChI=1S/C34H44N8O3/c1-23-9-6-10-25-11-7-13-29(31(23)25)41-16-14-27-28(19-41)36-34(45-21-26-12-8-15-39(26)5)37-32(27)42-18-17-40(24(2)43)20-30(42)33(44)35-22-38(3)4/h6-7,9-11,13,22,26,30H,8,12,14-21H2,1-5H3/t26-,30?/m0/s1. The predicted octanol–water partition coefficient (Wildman–Crippen LogP) is 3.13. The highest BCUT2D eigenvalue weighted by molar-refractivity contribution is 5.97. The number of fused-ring (bicyclic) bond motifs is 2. The maximum atomic E-state index is 13.5. The molecule has 0 bridgehead atoms. The van der Waals surface area contributed by atoms with Gasteiger partial charge in [-0.1, -0.05) is 30.3 Å². The summed E-state index contributed by atoms with van der Waals surface area (Å²) < 4.78 is 6.33. The van der Waals surface area contributed by atoms with Crippen LogP contribution in [0.3, 0.4) is 0 Å². The van der Waals surface area contributed by atoms with Crippen molar-refractivity contribution in [3.8, 4) is 6.01 Å². The van der Waals surface area contributed by atoms with E-state index in [9.17, 15) is 9.59 Å². The van der Waals surface area contributed by atoms with Crippen LogP contribution in [-0.2, 0) is 22.6 Å². The third-order valence-electron chi connectivity index (χ3n) is 9.33. The highest BCUT2D eigenvalue weighted by atomic mass is 16.5. The number of likely N-dealkylation sites (tertiary alicyclic amines) is 1. The number of likely N-dealkylation sites (N-methyl/N-ethyl adjacent to an activating group) is 1. The van der Waals surface area contributed by atoms with E-state index in [-0.39, 0.29) is 18.4 Å². The predicted molar refractivity (Wildman–Crippen MR) is 177 cm³/mol. The van der Waals surface area contributed by atoms with Crippen LogP contribution >= 0.6 is 0 Å². The lowest BCUT2D eigenvalue weighted by atomic mass is 9.99. The summed E-state index contributed by atoms with van der Waals surface area (Å²) in [5.41, 5.74) is 4.36. The molecule has 1 aromatic heterocycles. The van der Waals surface area contributed by atoms with Gasteiger partial charge in [0.2, 0.25) is 5.91 Å². The second-order valence-electron chi connectivity index (χ2n) is 12.7. The Kier molecular flexibility index (Phi) is 8.89. The monoisotopic (exact) mass is 612 g/mol. The van der Waals surface area contributed by atoms with Crippen LogP contribution < -0.4 is 14.5 Å². The van der Waals surface area contributed by atoms with E-state index in [1.165, 1.54) is 28.4 Å². The smallest absolute Gasteiger partial charge is 0.318 e. The molecule has 1 unspecified atom stereocenters. The first-order chi connectivity index (χ1) is 21.7. The van der Waals surface area contributed by atoms with E-state index in [0.717, 1.165) is 37.2 Å². The Morgan fingerprint density at radius 2 is 1.89 bits per heavy atom. The number of amides is 2. The lowest BCUT2D eigenvalue weighted by Gasteiger charge is -2.42. The maximum Gasteiger partial charge on any atom is 0.318 e. The minimum absolute atomic E-state index is 0.0560. The number of aliphatic imine (C=N–C) groups is 1. The molecule has 2 atom stereocenters. The molecule has 238 valence electrons. The first-order valence-electron chi connectivity index (χ1n) is 15.9. The summed E-state index contributed by atoms with van der Waals surface area (Å²) in [5.74, 6) is 0.352. The van der Waals surface area contributed by atoms with E-state index < -0.39 is 6.04 Å². The summed E-state index contributed by atoms with van der Waals surface area (Å²) >= 11 is 0. The van der Waals surface area contributed by atoms with E-state index in [0.29, 0.717) is 50.5 Å². The van der Waals surface area contributed by atoms with Crippen LogP contribution in [0.5, 0.6) is 6.01 Å². The van der Waals surface area contributed by atoms with E-state index in [4.69, 9.17) is 14.7 Å². The molecule has 2 aromatic carbocycles. The quantitative estimate of drug-likeness (QED) is 0.295.